The molecule has 2 amide bonds. The van der Waals surface area contributed by atoms with Gasteiger partial charge in [-0.15, -0.1) is 0 Å². The number of benzene rings is 1. The van der Waals surface area contributed by atoms with Crippen LogP contribution in [0.1, 0.15) is 36.8 Å². The highest BCUT2D eigenvalue weighted by Gasteiger charge is 2.22. The fraction of sp³-hybridized carbons (Fsp3) is 0.526. The third kappa shape index (κ3) is 5.69. The summed E-state index contributed by atoms with van der Waals surface area (Å²) >= 11 is 0. The molecule has 1 aliphatic rings. The summed E-state index contributed by atoms with van der Waals surface area (Å²) in [5, 5.41) is 11.2. The Balaban J connectivity index is 1.68. The summed E-state index contributed by atoms with van der Waals surface area (Å²) in [5.41, 5.74) is 2.43. The lowest BCUT2D eigenvalue weighted by molar-refractivity contribution is -0.132. The molecule has 0 aromatic heterocycles. The molecular weight excluding hydrogens is 302 g/mol. The van der Waals surface area contributed by atoms with E-state index in [1.807, 2.05) is 11.0 Å². The molecule has 1 aliphatic heterocycles. The number of piperidine rings is 1. The molecule has 128 valence electrons. The first-order chi connectivity index (χ1) is 11.6. The van der Waals surface area contributed by atoms with Gasteiger partial charge in [0.2, 0.25) is 11.8 Å². The van der Waals surface area contributed by atoms with Crippen LogP contribution in [0.25, 0.3) is 0 Å². The minimum atomic E-state index is -0.214. The van der Waals surface area contributed by atoms with Gasteiger partial charge in [0.05, 0.1) is 6.07 Å². The van der Waals surface area contributed by atoms with E-state index in [0.717, 1.165) is 32.4 Å². The largest absolute Gasteiger partial charge is 0.355 e. The van der Waals surface area contributed by atoms with Crippen molar-refractivity contribution in [3.05, 3.63) is 35.4 Å². The predicted molar refractivity (Wildman–Crippen MR) is 92.0 cm³/mol. The van der Waals surface area contributed by atoms with Crippen LogP contribution < -0.4 is 5.32 Å². The SMILES string of the molecule is Cc1ccc(CCC(=O)N2CCC(CNC(=O)CC#N)CC2)cc1. The second-order valence-corrected chi connectivity index (χ2v) is 6.45. The molecule has 0 saturated carbocycles. The predicted octanol–water partition coefficient (Wildman–Crippen LogP) is 2.20. The topological polar surface area (TPSA) is 73.2 Å². The van der Waals surface area contributed by atoms with Gasteiger partial charge in [0, 0.05) is 26.1 Å². The Morgan fingerprint density at radius 2 is 1.92 bits per heavy atom. The van der Waals surface area contributed by atoms with Crippen molar-refractivity contribution in [1.82, 2.24) is 10.2 Å². The van der Waals surface area contributed by atoms with Crippen LogP contribution in [0.15, 0.2) is 24.3 Å². The van der Waals surface area contributed by atoms with E-state index in [-0.39, 0.29) is 18.2 Å². The maximum absolute atomic E-state index is 12.3. The van der Waals surface area contributed by atoms with Crippen molar-refractivity contribution in [1.29, 1.82) is 5.26 Å². The first-order valence-corrected chi connectivity index (χ1v) is 8.55. The van der Waals surface area contributed by atoms with Crippen molar-refractivity contribution < 1.29 is 9.59 Å². The minimum absolute atomic E-state index is 0.0870. The zero-order chi connectivity index (χ0) is 17.4. The number of nitriles is 1. The molecule has 1 aromatic rings. The van der Waals surface area contributed by atoms with Gasteiger partial charge in [0.1, 0.15) is 6.42 Å². The van der Waals surface area contributed by atoms with E-state index in [2.05, 4.69) is 36.5 Å². The number of rotatable bonds is 6. The molecule has 2 rings (SSSR count). The summed E-state index contributed by atoms with van der Waals surface area (Å²) in [6, 6.07) is 10.2. The second kappa shape index (κ2) is 9.07. The lowest BCUT2D eigenvalue weighted by Gasteiger charge is -2.32. The average molecular weight is 327 g/mol. The zero-order valence-corrected chi connectivity index (χ0v) is 14.3. The monoisotopic (exact) mass is 327 g/mol. The number of nitrogens with zero attached hydrogens (tertiary/aromatic N) is 2. The molecule has 5 nitrogen and oxygen atoms in total. The first-order valence-electron chi connectivity index (χ1n) is 8.55. The quantitative estimate of drug-likeness (QED) is 0.870. The van der Waals surface area contributed by atoms with Crippen molar-refractivity contribution in [2.75, 3.05) is 19.6 Å². The average Bonchev–Trinajstić information content (AvgIpc) is 2.60. The summed E-state index contributed by atoms with van der Waals surface area (Å²) in [7, 11) is 0. The van der Waals surface area contributed by atoms with Crippen molar-refractivity contribution in [2.45, 2.75) is 39.0 Å². The third-order valence-electron chi connectivity index (χ3n) is 4.54. The van der Waals surface area contributed by atoms with Crippen molar-refractivity contribution in [3.8, 4) is 6.07 Å². The van der Waals surface area contributed by atoms with Gasteiger partial charge >= 0.3 is 0 Å². The smallest absolute Gasteiger partial charge is 0.234 e. The van der Waals surface area contributed by atoms with Gasteiger partial charge in [0.15, 0.2) is 0 Å². The van der Waals surface area contributed by atoms with E-state index >= 15 is 0 Å². The third-order valence-corrected chi connectivity index (χ3v) is 4.54. The molecule has 1 aromatic carbocycles. The van der Waals surface area contributed by atoms with Crippen LogP contribution in [0.2, 0.25) is 0 Å². The van der Waals surface area contributed by atoms with Crippen LogP contribution in [0, 0.1) is 24.2 Å². The highest BCUT2D eigenvalue weighted by atomic mass is 16.2. The Kier molecular flexibility index (Phi) is 6.80. The number of nitrogens with one attached hydrogen (secondary N) is 1. The Labute approximate surface area is 143 Å². The van der Waals surface area contributed by atoms with Gasteiger partial charge < -0.3 is 10.2 Å². The lowest BCUT2D eigenvalue weighted by atomic mass is 9.96. The molecule has 0 spiro atoms. The Bertz CT molecular complexity index is 596. The van der Waals surface area contributed by atoms with E-state index in [0.29, 0.717) is 18.9 Å². The molecule has 1 heterocycles. The molecule has 1 N–H and O–H groups in total. The van der Waals surface area contributed by atoms with Crippen LogP contribution in [0.4, 0.5) is 0 Å². The van der Waals surface area contributed by atoms with Gasteiger partial charge in [-0.2, -0.15) is 5.26 Å². The first kappa shape index (κ1) is 18.0. The highest BCUT2D eigenvalue weighted by Crippen LogP contribution is 2.18. The zero-order valence-electron chi connectivity index (χ0n) is 14.3. The second-order valence-electron chi connectivity index (χ2n) is 6.45. The van der Waals surface area contributed by atoms with Crippen molar-refractivity contribution >= 4 is 11.8 Å². The fourth-order valence-electron chi connectivity index (χ4n) is 2.94. The number of hydrogen-bond donors (Lipinski definition) is 1. The Morgan fingerprint density at radius 1 is 1.25 bits per heavy atom. The van der Waals surface area contributed by atoms with Crippen LogP contribution in [-0.2, 0) is 16.0 Å². The summed E-state index contributed by atoms with van der Waals surface area (Å²) in [6.07, 6.45) is 3.05. The molecule has 0 radical (unpaired) electrons. The Morgan fingerprint density at radius 3 is 2.54 bits per heavy atom. The van der Waals surface area contributed by atoms with Gasteiger partial charge in [-0.3, -0.25) is 9.59 Å². The van der Waals surface area contributed by atoms with E-state index in [1.165, 1.54) is 11.1 Å². The number of hydrogen-bond acceptors (Lipinski definition) is 3. The molecule has 1 fully saturated rings. The number of carbonyl (C=O) groups excluding carboxylic acids is 2. The molecule has 1 saturated heterocycles. The molecule has 0 atom stereocenters. The summed E-state index contributed by atoms with van der Waals surface area (Å²) in [4.78, 5) is 25.5. The molecule has 24 heavy (non-hydrogen) atoms. The molecule has 0 aliphatic carbocycles. The van der Waals surface area contributed by atoms with Gasteiger partial charge in [0.25, 0.3) is 0 Å². The summed E-state index contributed by atoms with van der Waals surface area (Å²) in [5.74, 6) is 0.394. The fourth-order valence-corrected chi connectivity index (χ4v) is 2.94. The van der Waals surface area contributed by atoms with E-state index < -0.39 is 0 Å². The summed E-state index contributed by atoms with van der Waals surface area (Å²) < 4.78 is 0. The van der Waals surface area contributed by atoms with Crippen molar-refractivity contribution in [2.24, 2.45) is 5.92 Å². The lowest BCUT2D eigenvalue weighted by Crippen LogP contribution is -2.41. The molecule has 5 heteroatoms. The normalized spacial score (nSPS) is 14.9. The molecule has 0 bridgehead atoms. The molecular formula is C19H25N3O2. The number of likely N-dealkylation sites (tertiary alicyclic amines) is 1. The highest BCUT2D eigenvalue weighted by molar-refractivity contribution is 5.78. The van der Waals surface area contributed by atoms with Gasteiger partial charge in [-0.05, 0) is 37.7 Å². The van der Waals surface area contributed by atoms with E-state index in [9.17, 15) is 9.59 Å². The van der Waals surface area contributed by atoms with Crippen LogP contribution >= 0.6 is 0 Å². The number of carbonyl (C=O) groups is 2. The van der Waals surface area contributed by atoms with Crippen LogP contribution in [0.5, 0.6) is 0 Å². The van der Waals surface area contributed by atoms with Crippen molar-refractivity contribution in [3.63, 3.8) is 0 Å². The van der Waals surface area contributed by atoms with Gasteiger partial charge in [-0.25, -0.2) is 0 Å². The minimum Gasteiger partial charge on any atom is -0.355 e. The number of amides is 2. The van der Waals surface area contributed by atoms with E-state index in [4.69, 9.17) is 5.26 Å². The number of aryl methyl sites for hydroxylation is 2. The Hall–Kier alpha value is -2.35. The molecule has 0 unspecified atom stereocenters. The standard InChI is InChI=1S/C19H25N3O2/c1-15-2-4-16(5-3-15)6-7-19(24)22-12-9-17(10-13-22)14-21-18(23)8-11-20/h2-5,17H,6-10,12-14H2,1H3,(H,21,23). The van der Waals surface area contributed by atoms with Crippen LogP contribution in [0.3, 0.4) is 0 Å². The van der Waals surface area contributed by atoms with E-state index in [1.54, 1.807) is 0 Å². The maximum atomic E-state index is 12.3. The van der Waals surface area contributed by atoms with Crippen LogP contribution in [-0.4, -0.2) is 36.3 Å². The maximum Gasteiger partial charge on any atom is 0.234 e. The van der Waals surface area contributed by atoms with Gasteiger partial charge in [-0.1, -0.05) is 29.8 Å². The summed E-state index contributed by atoms with van der Waals surface area (Å²) in [6.45, 7) is 4.17.